The Morgan fingerprint density at radius 1 is 1.42 bits per heavy atom. The predicted octanol–water partition coefficient (Wildman–Crippen LogP) is 2.71. The van der Waals surface area contributed by atoms with Gasteiger partial charge in [0.2, 0.25) is 0 Å². The first kappa shape index (κ1) is 7.80. The molecule has 2 aromatic rings. The number of hydrogen-bond acceptors (Lipinski definition) is 1. The Balaban J connectivity index is 2.99. The van der Waals surface area contributed by atoms with Crippen LogP contribution in [-0.4, -0.2) is 9.38 Å². The number of halogens is 1. The van der Waals surface area contributed by atoms with Crippen molar-refractivity contribution >= 4 is 21.4 Å². The number of fused-ring (bicyclic) bond motifs is 1. The van der Waals surface area contributed by atoms with Crippen molar-refractivity contribution in [1.82, 2.24) is 9.38 Å². The number of aromatic nitrogens is 2. The summed E-state index contributed by atoms with van der Waals surface area (Å²) in [6.45, 7) is 4.08. The van der Waals surface area contributed by atoms with Gasteiger partial charge in [-0.1, -0.05) is 6.07 Å². The van der Waals surface area contributed by atoms with Crippen LogP contribution in [0.5, 0.6) is 0 Å². The van der Waals surface area contributed by atoms with Crippen molar-refractivity contribution in [2.24, 2.45) is 0 Å². The molecule has 0 fully saturated rings. The summed E-state index contributed by atoms with van der Waals surface area (Å²) in [5, 5.41) is 0. The highest BCUT2D eigenvalue weighted by Gasteiger charge is 2.06. The zero-order valence-corrected chi connectivity index (χ0v) is 8.59. The van der Waals surface area contributed by atoms with E-state index < -0.39 is 0 Å². The van der Waals surface area contributed by atoms with Crippen molar-refractivity contribution < 1.29 is 0 Å². The fourth-order valence-electron chi connectivity index (χ4n) is 1.40. The molecule has 62 valence electrons. The van der Waals surface area contributed by atoms with Gasteiger partial charge in [-0.3, -0.25) is 0 Å². The van der Waals surface area contributed by atoms with E-state index in [9.17, 15) is 0 Å². The van der Waals surface area contributed by atoms with Gasteiger partial charge in [-0.25, -0.2) is 4.98 Å². The van der Waals surface area contributed by atoms with Crippen LogP contribution in [0.3, 0.4) is 0 Å². The van der Waals surface area contributed by atoms with Gasteiger partial charge in [0.25, 0.3) is 0 Å². The molecule has 12 heavy (non-hydrogen) atoms. The van der Waals surface area contributed by atoms with Gasteiger partial charge < -0.3 is 4.40 Å². The lowest BCUT2D eigenvalue weighted by Crippen LogP contribution is -1.87. The molecule has 0 saturated carbocycles. The second-order valence-corrected chi connectivity index (χ2v) is 3.61. The maximum atomic E-state index is 4.33. The molecule has 2 rings (SSSR count). The Labute approximate surface area is 79.4 Å². The molecule has 0 amide bonds. The quantitative estimate of drug-likeness (QED) is 0.673. The third-order valence-corrected chi connectivity index (χ3v) is 2.55. The maximum Gasteiger partial charge on any atom is 0.132 e. The van der Waals surface area contributed by atoms with Gasteiger partial charge in [0.15, 0.2) is 0 Å². The highest BCUT2D eigenvalue weighted by atomic mass is 79.9. The average molecular weight is 225 g/mol. The van der Waals surface area contributed by atoms with Gasteiger partial charge in [0, 0.05) is 6.20 Å². The Morgan fingerprint density at radius 2 is 2.17 bits per heavy atom. The Morgan fingerprint density at radius 3 is 2.83 bits per heavy atom. The zero-order valence-electron chi connectivity index (χ0n) is 7.00. The number of nitrogens with zero attached hydrogens (tertiary/aromatic N) is 2. The molecule has 0 atom stereocenters. The Hall–Kier alpha value is -0.830. The van der Waals surface area contributed by atoms with Crippen LogP contribution in [0.15, 0.2) is 22.9 Å². The van der Waals surface area contributed by atoms with Gasteiger partial charge in [0.1, 0.15) is 10.4 Å². The van der Waals surface area contributed by atoms with Crippen molar-refractivity contribution in [2.75, 3.05) is 0 Å². The van der Waals surface area contributed by atoms with Crippen LogP contribution in [0.1, 0.15) is 11.4 Å². The topological polar surface area (TPSA) is 17.3 Å². The molecule has 0 radical (unpaired) electrons. The molecule has 0 saturated heterocycles. The van der Waals surface area contributed by atoms with Crippen LogP contribution in [-0.2, 0) is 0 Å². The molecule has 2 heterocycles. The van der Waals surface area contributed by atoms with Crippen LogP contribution < -0.4 is 0 Å². The molecule has 0 aliphatic rings. The summed E-state index contributed by atoms with van der Waals surface area (Å²) in [6.07, 6.45) is 2.02. The number of imidazole rings is 1. The summed E-state index contributed by atoms with van der Waals surface area (Å²) < 4.78 is 3.01. The normalized spacial score (nSPS) is 10.9. The zero-order chi connectivity index (χ0) is 8.72. The first-order valence-electron chi connectivity index (χ1n) is 3.80. The lowest BCUT2D eigenvalue weighted by Gasteiger charge is -1.98. The Kier molecular flexibility index (Phi) is 1.68. The predicted molar refractivity (Wildman–Crippen MR) is 52.4 cm³/mol. The van der Waals surface area contributed by atoms with Crippen molar-refractivity contribution in [3.63, 3.8) is 0 Å². The highest BCUT2D eigenvalue weighted by Crippen LogP contribution is 2.21. The molecule has 2 aromatic heterocycles. The third-order valence-electron chi connectivity index (χ3n) is 2.00. The van der Waals surface area contributed by atoms with Crippen LogP contribution in [0.25, 0.3) is 5.52 Å². The van der Waals surface area contributed by atoms with E-state index in [0.29, 0.717) is 0 Å². The second kappa shape index (κ2) is 2.59. The molecule has 0 bridgehead atoms. The van der Waals surface area contributed by atoms with Gasteiger partial charge in [0.05, 0.1) is 5.52 Å². The maximum absolute atomic E-state index is 4.33. The van der Waals surface area contributed by atoms with E-state index in [4.69, 9.17) is 0 Å². The van der Waals surface area contributed by atoms with Crippen molar-refractivity contribution in [3.05, 3.63) is 34.3 Å². The molecular weight excluding hydrogens is 216 g/mol. The van der Waals surface area contributed by atoms with E-state index >= 15 is 0 Å². The number of rotatable bonds is 0. The number of pyridine rings is 1. The van der Waals surface area contributed by atoms with Gasteiger partial charge >= 0.3 is 0 Å². The van der Waals surface area contributed by atoms with Gasteiger partial charge in [-0.2, -0.15) is 0 Å². The van der Waals surface area contributed by atoms with E-state index in [1.54, 1.807) is 0 Å². The summed E-state index contributed by atoms with van der Waals surface area (Å²) >= 11 is 3.44. The van der Waals surface area contributed by atoms with E-state index in [2.05, 4.69) is 38.3 Å². The third kappa shape index (κ3) is 0.966. The summed E-state index contributed by atoms with van der Waals surface area (Å²) in [6, 6.07) is 4.12. The smallest absolute Gasteiger partial charge is 0.132 e. The first-order valence-corrected chi connectivity index (χ1v) is 4.59. The minimum atomic E-state index is 0.929. The van der Waals surface area contributed by atoms with Crippen molar-refractivity contribution in [2.45, 2.75) is 13.8 Å². The fourth-order valence-corrected chi connectivity index (χ4v) is 2.16. The lowest BCUT2D eigenvalue weighted by atomic mass is 10.3. The highest BCUT2D eigenvalue weighted by molar-refractivity contribution is 9.10. The van der Waals surface area contributed by atoms with Crippen LogP contribution in [0, 0.1) is 13.8 Å². The van der Waals surface area contributed by atoms with E-state index in [1.807, 2.05) is 19.2 Å². The Bertz CT molecular complexity index is 431. The number of hydrogen-bond donors (Lipinski definition) is 0. The molecule has 2 nitrogen and oxygen atoms in total. The second-order valence-electron chi connectivity index (χ2n) is 2.86. The molecule has 3 heteroatoms. The summed E-state index contributed by atoms with van der Waals surface area (Å²) in [4.78, 5) is 4.33. The molecule has 0 unspecified atom stereocenters. The van der Waals surface area contributed by atoms with Gasteiger partial charge in [-0.05, 0) is 41.4 Å². The molecule has 0 aliphatic carbocycles. The van der Waals surface area contributed by atoms with Crippen LogP contribution in [0.2, 0.25) is 0 Å². The number of aryl methyl sites for hydroxylation is 2. The van der Waals surface area contributed by atoms with E-state index in [0.717, 1.165) is 15.9 Å². The van der Waals surface area contributed by atoms with Crippen molar-refractivity contribution in [1.29, 1.82) is 0 Å². The molecule has 0 aliphatic heterocycles. The fraction of sp³-hybridized carbons (Fsp3) is 0.222. The largest absolute Gasteiger partial charge is 0.303 e. The average Bonchev–Trinajstić information content (AvgIpc) is 2.29. The van der Waals surface area contributed by atoms with E-state index in [1.165, 1.54) is 5.56 Å². The first-order chi connectivity index (χ1) is 5.70. The standard InChI is InChI=1S/C9H9BrN2/c1-6-4-3-5-12-7(2)11-9(10)8(6)12/h3-5H,1-2H3. The van der Waals surface area contributed by atoms with Gasteiger partial charge in [-0.15, -0.1) is 0 Å². The summed E-state index contributed by atoms with van der Waals surface area (Å²) in [5.74, 6) is 1.01. The summed E-state index contributed by atoms with van der Waals surface area (Å²) in [7, 11) is 0. The monoisotopic (exact) mass is 224 g/mol. The minimum Gasteiger partial charge on any atom is -0.303 e. The SMILES string of the molecule is Cc1cccn2c(C)nc(Br)c12. The van der Waals surface area contributed by atoms with E-state index in [-0.39, 0.29) is 0 Å². The minimum absolute atomic E-state index is 0.929. The van der Waals surface area contributed by atoms with Crippen molar-refractivity contribution in [3.8, 4) is 0 Å². The lowest BCUT2D eigenvalue weighted by molar-refractivity contribution is 1.04. The van der Waals surface area contributed by atoms with Crippen LogP contribution in [0.4, 0.5) is 0 Å². The summed E-state index contributed by atoms with van der Waals surface area (Å²) in [5.41, 5.74) is 2.40. The van der Waals surface area contributed by atoms with Crippen LogP contribution >= 0.6 is 15.9 Å². The molecular formula is C9H9BrN2. The molecule has 0 spiro atoms. The molecule has 0 aromatic carbocycles. The molecule has 0 N–H and O–H groups in total.